The summed E-state index contributed by atoms with van der Waals surface area (Å²) in [7, 11) is 5.53. The number of carbonyl (C=O) groups excluding carboxylic acids is 2. The summed E-state index contributed by atoms with van der Waals surface area (Å²) in [4.78, 5) is 29.7. The number of aryl methyl sites for hydroxylation is 2. The van der Waals surface area contributed by atoms with Crippen molar-refractivity contribution in [3.8, 4) is 5.75 Å². The van der Waals surface area contributed by atoms with E-state index < -0.39 is 17.7 Å². The first-order valence-electron chi connectivity index (χ1n) is 10.4. The number of aliphatic hydroxyl groups is 1. The molecule has 1 fully saturated rings. The number of Topliss-reactive ketones (excluding diaryl/α,β-unsaturated/α-hetero) is 1. The number of methoxy groups -OCH3 is 1. The van der Waals surface area contributed by atoms with Crippen molar-refractivity contribution >= 4 is 17.4 Å². The number of hydrogen-bond donors (Lipinski definition) is 1. The van der Waals surface area contributed by atoms with Gasteiger partial charge in [0.05, 0.1) is 18.7 Å². The largest absolute Gasteiger partial charge is 0.507 e. The molecule has 1 N–H and O–H groups in total. The lowest BCUT2D eigenvalue weighted by molar-refractivity contribution is -0.139. The maximum absolute atomic E-state index is 13.1. The molecule has 0 spiro atoms. The molecule has 1 heterocycles. The number of carbonyl (C=O) groups is 2. The quantitative estimate of drug-likeness (QED) is 0.419. The molecule has 0 aliphatic carbocycles. The lowest BCUT2D eigenvalue weighted by Crippen LogP contribution is -2.32. The second-order valence-corrected chi connectivity index (χ2v) is 8.19. The Hall–Kier alpha value is -3.12. The third-order valence-electron chi connectivity index (χ3n) is 5.70. The molecule has 6 heteroatoms. The summed E-state index contributed by atoms with van der Waals surface area (Å²) in [5.74, 6) is -0.688. The molecule has 1 saturated heterocycles. The maximum Gasteiger partial charge on any atom is 0.295 e. The molecule has 0 radical (unpaired) electrons. The Morgan fingerprint density at radius 1 is 1.10 bits per heavy atom. The average Bonchev–Trinajstić information content (AvgIpc) is 2.98. The summed E-state index contributed by atoms with van der Waals surface area (Å²) >= 11 is 0. The highest BCUT2D eigenvalue weighted by Crippen LogP contribution is 2.40. The van der Waals surface area contributed by atoms with E-state index in [1.54, 1.807) is 30.2 Å². The van der Waals surface area contributed by atoms with Crippen molar-refractivity contribution in [3.63, 3.8) is 0 Å². The highest BCUT2D eigenvalue weighted by Gasteiger charge is 2.46. The van der Waals surface area contributed by atoms with Crippen LogP contribution in [0.4, 0.5) is 0 Å². The minimum atomic E-state index is -0.649. The smallest absolute Gasteiger partial charge is 0.295 e. The SMILES string of the molecule is COc1ccc(/C(O)=C2\C(=O)C(=O)N(CCCN(C)C)C2c2ccccc2C)cc1C. The fraction of sp³-hybridized carbons (Fsp3) is 0.360. The molecule has 1 aliphatic heterocycles. The second-order valence-electron chi connectivity index (χ2n) is 8.19. The Labute approximate surface area is 183 Å². The van der Waals surface area contributed by atoms with Crippen molar-refractivity contribution in [3.05, 3.63) is 70.3 Å². The number of ether oxygens (including phenoxy) is 1. The predicted molar refractivity (Wildman–Crippen MR) is 121 cm³/mol. The van der Waals surface area contributed by atoms with Gasteiger partial charge in [-0.15, -0.1) is 0 Å². The van der Waals surface area contributed by atoms with E-state index in [2.05, 4.69) is 0 Å². The molecule has 164 valence electrons. The molecule has 0 saturated carbocycles. The van der Waals surface area contributed by atoms with Crippen LogP contribution in [-0.4, -0.2) is 60.9 Å². The van der Waals surface area contributed by atoms with E-state index in [1.807, 2.05) is 57.1 Å². The van der Waals surface area contributed by atoms with Gasteiger partial charge in [-0.2, -0.15) is 0 Å². The first-order chi connectivity index (χ1) is 14.8. The number of aliphatic hydroxyl groups excluding tert-OH is 1. The van der Waals surface area contributed by atoms with Gasteiger partial charge in [0.15, 0.2) is 0 Å². The number of benzene rings is 2. The van der Waals surface area contributed by atoms with Crippen LogP contribution in [0.1, 0.15) is 34.7 Å². The van der Waals surface area contributed by atoms with Gasteiger partial charge in [0.1, 0.15) is 11.5 Å². The molecule has 1 unspecified atom stereocenters. The highest BCUT2D eigenvalue weighted by molar-refractivity contribution is 6.46. The Balaban J connectivity index is 2.13. The first-order valence-corrected chi connectivity index (χ1v) is 10.4. The van der Waals surface area contributed by atoms with Crippen molar-refractivity contribution in [1.29, 1.82) is 0 Å². The lowest BCUT2D eigenvalue weighted by Gasteiger charge is -2.27. The lowest BCUT2D eigenvalue weighted by atomic mass is 9.92. The van der Waals surface area contributed by atoms with Gasteiger partial charge in [0, 0.05) is 12.1 Å². The number of likely N-dealkylation sites (tertiary alicyclic amines) is 1. The van der Waals surface area contributed by atoms with E-state index in [0.29, 0.717) is 17.9 Å². The standard InChI is InChI=1S/C25H30N2O4/c1-16-9-6-7-10-19(16)22-21(23(28)18-11-12-20(31-5)17(2)15-18)24(29)25(30)27(22)14-8-13-26(3)4/h6-7,9-12,15,22,28H,8,13-14H2,1-5H3/b23-21+. The summed E-state index contributed by atoms with van der Waals surface area (Å²) < 4.78 is 5.30. The van der Waals surface area contributed by atoms with Gasteiger partial charge in [-0.25, -0.2) is 0 Å². The van der Waals surface area contributed by atoms with E-state index in [4.69, 9.17) is 4.74 Å². The molecule has 0 aromatic heterocycles. The zero-order valence-corrected chi connectivity index (χ0v) is 18.8. The molecular formula is C25H30N2O4. The van der Waals surface area contributed by atoms with E-state index in [1.165, 1.54) is 0 Å². The monoisotopic (exact) mass is 422 g/mol. The summed E-state index contributed by atoms with van der Waals surface area (Å²) in [6.45, 7) is 5.04. The van der Waals surface area contributed by atoms with E-state index >= 15 is 0 Å². The zero-order chi connectivity index (χ0) is 22.7. The number of ketones is 1. The molecule has 31 heavy (non-hydrogen) atoms. The van der Waals surface area contributed by atoms with Crippen molar-refractivity contribution < 1.29 is 19.4 Å². The van der Waals surface area contributed by atoms with Crippen LogP contribution >= 0.6 is 0 Å². The molecule has 2 aromatic carbocycles. The van der Waals surface area contributed by atoms with Crippen molar-refractivity contribution in [1.82, 2.24) is 9.80 Å². The number of hydrogen-bond acceptors (Lipinski definition) is 5. The van der Waals surface area contributed by atoms with Crippen LogP contribution in [-0.2, 0) is 9.59 Å². The van der Waals surface area contributed by atoms with Crippen LogP contribution in [0, 0.1) is 13.8 Å². The van der Waals surface area contributed by atoms with E-state index in [9.17, 15) is 14.7 Å². The van der Waals surface area contributed by atoms with Crippen LogP contribution < -0.4 is 4.74 Å². The van der Waals surface area contributed by atoms with Crippen LogP contribution in [0.5, 0.6) is 5.75 Å². The molecular weight excluding hydrogens is 392 g/mol. The van der Waals surface area contributed by atoms with Gasteiger partial charge < -0.3 is 19.6 Å². The van der Waals surface area contributed by atoms with Gasteiger partial charge in [0.2, 0.25) is 0 Å². The molecule has 3 rings (SSSR count). The number of amides is 1. The van der Waals surface area contributed by atoms with Crippen LogP contribution in [0.25, 0.3) is 5.76 Å². The van der Waals surface area contributed by atoms with Crippen LogP contribution in [0.3, 0.4) is 0 Å². The van der Waals surface area contributed by atoms with Gasteiger partial charge in [-0.3, -0.25) is 9.59 Å². The summed E-state index contributed by atoms with van der Waals surface area (Å²) in [6.07, 6.45) is 0.726. The minimum absolute atomic E-state index is 0.133. The molecule has 1 atom stereocenters. The third kappa shape index (κ3) is 4.49. The molecule has 2 aromatic rings. The maximum atomic E-state index is 13.1. The van der Waals surface area contributed by atoms with E-state index in [-0.39, 0.29) is 11.3 Å². The fourth-order valence-corrected chi connectivity index (χ4v) is 4.07. The van der Waals surface area contributed by atoms with Gasteiger partial charge in [0.25, 0.3) is 11.7 Å². The average molecular weight is 423 g/mol. The van der Waals surface area contributed by atoms with Crippen molar-refractivity contribution in [2.45, 2.75) is 26.3 Å². The fourth-order valence-electron chi connectivity index (χ4n) is 4.07. The van der Waals surface area contributed by atoms with Gasteiger partial charge in [-0.05, 0) is 75.8 Å². The molecule has 1 amide bonds. The third-order valence-corrected chi connectivity index (χ3v) is 5.70. The Bertz CT molecular complexity index is 1030. The van der Waals surface area contributed by atoms with Crippen molar-refractivity contribution in [2.24, 2.45) is 0 Å². The Morgan fingerprint density at radius 2 is 1.81 bits per heavy atom. The number of nitrogens with zero attached hydrogens (tertiary/aromatic N) is 2. The number of rotatable bonds is 7. The van der Waals surface area contributed by atoms with Gasteiger partial charge >= 0.3 is 0 Å². The van der Waals surface area contributed by atoms with Gasteiger partial charge in [-0.1, -0.05) is 24.3 Å². The Kier molecular flexibility index (Phi) is 6.81. The Morgan fingerprint density at radius 3 is 2.42 bits per heavy atom. The summed E-state index contributed by atoms with van der Waals surface area (Å²) in [5.41, 5.74) is 3.26. The molecule has 0 bridgehead atoms. The second kappa shape index (κ2) is 9.35. The zero-order valence-electron chi connectivity index (χ0n) is 18.8. The van der Waals surface area contributed by atoms with Crippen LogP contribution in [0.2, 0.25) is 0 Å². The summed E-state index contributed by atoms with van der Waals surface area (Å²) in [6, 6.07) is 12.3. The van der Waals surface area contributed by atoms with Crippen LogP contribution in [0.15, 0.2) is 48.0 Å². The highest BCUT2D eigenvalue weighted by atomic mass is 16.5. The molecule has 1 aliphatic rings. The van der Waals surface area contributed by atoms with E-state index in [0.717, 1.165) is 29.7 Å². The topological polar surface area (TPSA) is 70.1 Å². The predicted octanol–water partition coefficient (Wildman–Crippen LogP) is 3.69. The minimum Gasteiger partial charge on any atom is -0.507 e. The normalized spacial score (nSPS) is 18.1. The van der Waals surface area contributed by atoms with Crippen molar-refractivity contribution in [2.75, 3.05) is 34.3 Å². The first kappa shape index (κ1) is 22.6. The summed E-state index contributed by atoms with van der Waals surface area (Å²) in [5, 5.41) is 11.2. The molecule has 6 nitrogen and oxygen atoms in total.